The molecular weight excluding hydrogens is 176 g/mol. The van der Waals surface area contributed by atoms with Crippen molar-refractivity contribution in [2.45, 2.75) is 13.3 Å². The third-order valence-corrected chi connectivity index (χ3v) is 3.61. The van der Waals surface area contributed by atoms with Crippen LogP contribution in [0.1, 0.15) is 13.3 Å². The molecule has 0 heterocycles. The van der Waals surface area contributed by atoms with Crippen molar-refractivity contribution in [1.82, 2.24) is 4.72 Å². The number of rotatable bonds is 5. The molecule has 12 heavy (non-hydrogen) atoms. The van der Waals surface area contributed by atoms with Crippen LogP contribution in [-0.2, 0) is 10.0 Å². The highest BCUT2D eigenvalue weighted by Crippen LogP contribution is 2.36. The summed E-state index contributed by atoms with van der Waals surface area (Å²) in [5, 5.41) is 0. The molecule has 1 rings (SSSR count). The summed E-state index contributed by atoms with van der Waals surface area (Å²) in [7, 11) is -3.09. The fourth-order valence-electron chi connectivity index (χ4n) is 1.14. The lowest BCUT2D eigenvalue weighted by Gasteiger charge is -2.03. The van der Waals surface area contributed by atoms with Crippen LogP contribution in [0.15, 0.2) is 0 Å². The van der Waals surface area contributed by atoms with Crippen LogP contribution in [0.2, 0.25) is 0 Å². The van der Waals surface area contributed by atoms with Gasteiger partial charge in [-0.2, -0.15) is 0 Å². The maximum absolute atomic E-state index is 11.1. The molecule has 0 amide bonds. The van der Waals surface area contributed by atoms with E-state index in [1.54, 1.807) is 0 Å². The first-order chi connectivity index (χ1) is 5.55. The number of hydrogen-bond acceptors (Lipinski definition) is 3. The molecule has 1 aliphatic carbocycles. The Morgan fingerprint density at radius 2 is 2.17 bits per heavy atom. The maximum atomic E-state index is 11.1. The Balaban J connectivity index is 2.21. The topological polar surface area (TPSA) is 72.2 Å². The van der Waals surface area contributed by atoms with E-state index in [9.17, 15) is 8.42 Å². The molecule has 0 aromatic rings. The van der Waals surface area contributed by atoms with E-state index in [-0.39, 0.29) is 12.3 Å². The first-order valence-electron chi connectivity index (χ1n) is 4.22. The van der Waals surface area contributed by atoms with Crippen molar-refractivity contribution in [3.8, 4) is 0 Å². The molecule has 0 aromatic carbocycles. The molecule has 4 nitrogen and oxygen atoms in total. The van der Waals surface area contributed by atoms with Gasteiger partial charge in [0.25, 0.3) is 0 Å². The summed E-state index contributed by atoms with van der Waals surface area (Å²) in [5.74, 6) is 1.27. The van der Waals surface area contributed by atoms with E-state index >= 15 is 0 Å². The smallest absolute Gasteiger partial charge is 0.212 e. The summed E-state index contributed by atoms with van der Waals surface area (Å²) in [5.41, 5.74) is 5.14. The van der Waals surface area contributed by atoms with E-state index in [1.165, 1.54) is 0 Å². The van der Waals surface area contributed by atoms with E-state index in [0.29, 0.717) is 18.4 Å². The molecule has 0 aromatic heterocycles. The average Bonchev–Trinajstić information content (AvgIpc) is 2.63. The zero-order valence-corrected chi connectivity index (χ0v) is 8.10. The largest absolute Gasteiger partial charge is 0.329 e. The molecule has 2 atom stereocenters. The van der Waals surface area contributed by atoms with Gasteiger partial charge in [-0.25, -0.2) is 13.1 Å². The lowest BCUT2D eigenvalue weighted by Crippen LogP contribution is -2.31. The van der Waals surface area contributed by atoms with Crippen molar-refractivity contribution in [2.75, 3.05) is 18.8 Å². The van der Waals surface area contributed by atoms with Gasteiger partial charge in [-0.05, 0) is 18.3 Å². The van der Waals surface area contributed by atoms with Crippen molar-refractivity contribution >= 4 is 10.0 Å². The predicted octanol–water partition coefficient (Wildman–Crippen LogP) is -0.479. The zero-order chi connectivity index (χ0) is 9.19. The van der Waals surface area contributed by atoms with Crippen LogP contribution < -0.4 is 10.5 Å². The molecule has 1 aliphatic rings. The molecule has 5 heteroatoms. The van der Waals surface area contributed by atoms with Gasteiger partial charge in [0.15, 0.2) is 0 Å². The molecule has 1 fully saturated rings. The normalized spacial score (nSPS) is 28.8. The van der Waals surface area contributed by atoms with Gasteiger partial charge in [0.1, 0.15) is 0 Å². The Morgan fingerprint density at radius 1 is 1.58 bits per heavy atom. The second-order valence-corrected chi connectivity index (χ2v) is 5.36. The summed E-state index contributed by atoms with van der Waals surface area (Å²) >= 11 is 0. The molecule has 1 saturated carbocycles. The quantitative estimate of drug-likeness (QED) is 0.618. The Kier molecular flexibility index (Phi) is 3.09. The number of hydrogen-bond donors (Lipinski definition) is 2. The molecule has 0 saturated heterocycles. The number of nitrogens with two attached hydrogens (primary N) is 1. The SMILES string of the molecule is CC1CC1CNS(=O)(=O)CCN. The van der Waals surface area contributed by atoms with Crippen molar-refractivity contribution in [3.63, 3.8) is 0 Å². The van der Waals surface area contributed by atoms with E-state index in [4.69, 9.17) is 5.73 Å². The van der Waals surface area contributed by atoms with E-state index in [2.05, 4.69) is 11.6 Å². The first-order valence-corrected chi connectivity index (χ1v) is 5.88. The van der Waals surface area contributed by atoms with Crippen molar-refractivity contribution < 1.29 is 8.42 Å². The molecule has 3 N–H and O–H groups in total. The minimum absolute atomic E-state index is 0.0358. The lowest BCUT2D eigenvalue weighted by molar-refractivity contribution is 0.574. The van der Waals surface area contributed by atoms with Crippen LogP contribution in [0.3, 0.4) is 0 Å². The van der Waals surface area contributed by atoms with Crippen LogP contribution in [0.5, 0.6) is 0 Å². The number of nitrogens with one attached hydrogen (secondary N) is 1. The van der Waals surface area contributed by atoms with Crippen LogP contribution in [0.4, 0.5) is 0 Å². The Bertz CT molecular complexity index is 238. The molecule has 0 spiro atoms. The monoisotopic (exact) mass is 192 g/mol. The number of sulfonamides is 1. The molecule has 0 radical (unpaired) electrons. The highest BCUT2D eigenvalue weighted by Gasteiger charge is 2.32. The Hall–Kier alpha value is -0.130. The van der Waals surface area contributed by atoms with Gasteiger partial charge in [0.2, 0.25) is 10.0 Å². The van der Waals surface area contributed by atoms with Gasteiger partial charge in [0.05, 0.1) is 5.75 Å². The Labute approximate surface area is 73.6 Å². The summed E-state index contributed by atoms with van der Waals surface area (Å²) in [6.07, 6.45) is 1.14. The molecule has 72 valence electrons. The van der Waals surface area contributed by atoms with Gasteiger partial charge >= 0.3 is 0 Å². The molecular formula is C7H16N2O2S. The fourth-order valence-corrected chi connectivity index (χ4v) is 2.07. The molecule has 0 aliphatic heterocycles. The van der Waals surface area contributed by atoms with Crippen LogP contribution >= 0.6 is 0 Å². The highest BCUT2D eigenvalue weighted by atomic mass is 32.2. The van der Waals surface area contributed by atoms with Gasteiger partial charge < -0.3 is 5.73 Å². The standard InChI is InChI=1S/C7H16N2O2S/c1-6-4-7(6)5-9-12(10,11)3-2-8/h6-7,9H,2-5,8H2,1H3. The second-order valence-electron chi connectivity index (χ2n) is 3.43. The lowest BCUT2D eigenvalue weighted by atomic mass is 10.3. The average molecular weight is 192 g/mol. The molecule has 2 unspecified atom stereocenters. The van der Waals surface area contributed by atoms with Crippen molar-refractivity contribution in [2.24, 2.45) is 17.6 Å². The maximum Gasteiger partial charge on any atom is 0.212 e. The Morgan fingerprint density at radius 3 is 2.58 bits per heavy atom. The van der Waals surface area contributed by atoms with Crippen LogP contribution in [0, 0.1) is 11.8 Å². The van der Waals surface area contributed by atoms with Gasteiger partial charge in [-0.1, -0.05) is 6.92 Å². The zero-order valence-electron chi connectivity index (χ0n) is 7.29. The second kappa shape index (κ2) is 3.72. The highest BCUT2D eigenvalue weighted by molar-refractivity contribution is 7.89. The minimum Gasteiger partial charge on any atom is -0.329 e. The van der Waals surface area contributed by atoms with E-state index < -0.39 is 10.0 Å². The van der Waals surface area contributed by atoms with Gasteiger partial charge in [-0.3, -0.25) is 0 Å². The minimum atomic E-state index is -3.09. The summed E-state index contributed by atoms with van der Waals surface area (Å²) in [4.78, 5) is 0. The van der Waals surface area contributed by atoms with Crippen LogP contribution in [0.25, 0.3) is 0 Å². The van der Waals surface area contributed by atoms with Gasteiger partial charge in [-0.15, -0.1) is 0 Å². The summed E-state index contributed by atoms with van der Waals surface area (Å²) in [6.45, 7) is 2.90. The molecule has 0 bridgehead atoms. The van der Waals surface area contributed by atoms with Crippen LogP contribution in [-0.4, -0.2) is 27.3 Å². The van der Waals surface area contributed by atoms with Crippen molar-refractivity contribution in [3.05, 3.63) is 0 Å². The summed E-state index contributed by atoms with van der Waals surface area (Å²) in [6, 6.07) is 0. The van der Waals surface area contributed by atoms with Gasteiger partial charge in [0, 0.05) is 13.1 Å². The summed E-state index contributed by atoms with van der Waals surface area (Å²) < 4.78 is 24.7. The van der Waals surface area contributed by atoms with E-state index in [1.807, 2.05) is 0 Å². The van der Waals surface area contributed by atoms with E-state index in [0.717, 1.165) is 6.42 Å². The first kappa shape index (κ1) is 9.95. The fraction of sp³-hybridized carbons (Fsp3) is 1.00. The predicted molar refractivity (Wildman–Crippen MR) is 48.1 cm³/mol. The van der Waals surface area contributed by atoms with Crippen molar-refractivity contribution in [1.29, 1.82) is 0 Å². The third-order valence-electron chi connectivity index (χ3n) is 2.23. The third kappa shape index (κ3) is 3.08.